The Morgan fingerprint density at radius 2 is 2.17 bits per heavy atom. The summed E-state index contributed by atoms with van der Waals surface area (Å²) in [5, 5.41) is 3.44. The van der Waals surface area contributed by atoms with Crippen LogP contribution in [0.5, 0.6) is 0 Å². The maximum atomic E-state index is 13.8. The van der Waals surface area contributed by atoms with Crippen molar-refractivity contribution in [3.8, 4) is 0 Å². The number of thiocarbonyl (C=S) groups is 1. The summed E-state index contributed by atoms with van der Waals surface area (Å²) in [5.41, 5.74) is 0.370. The Morgan fingerprint density at radius 3 is 2.87 bits per heavy atom. The van der Waals surface area contributed by atoms with Gasteiger partial charge in [-0.1, -0.05) is 12.1 Å². The van der Waals surface area contributed by atoms with E-state index in [4.69, 9.17) is 21.4 Å². The van der Waals surface area contributed by atoms with Gasteiger partial charge in [0.15, 0.2) is 5.11 Å². The molecule has 2 aromatic rings. The lowest BCUT2D eigenvalue weighted by Crippen LogP contribution is -2.39. The molecule has 3 rings (SSSR count). The minimum absolute atomic E-state index is 0.144. The summed E-state index contributed by atoms with van der Waals surface area (Å²) in [6.45, 7) is 1.96. The fourth-order valence-electron chi connectivity index (χ4n) is 2.60. The zero-order valence-corrected chi connectivity index (χ0v) is 13.5. The van der Waals surface area contributed by atoms with E-state index in [1.54, 1.807) is 24.5 Å². The fourth-order valence-corrected chi connectivity index (χ4v) is 2.85. The number of hydrogen-bond acceptors (Lipinski definition) is 3. The Bertz CT molecular complexity index is 642. The van der Waals surface area contributed by atoms with Gasteiger partial charge in [-0.05, 0) is 49.3 Å². The van der Waals surface area contributed by atoms with Crippen LogP contribution in [0.4, 0.5) is 10.1 Å². The second-order valence-corrected chi connectivity index (χ2v) is 5.89. The molecule has 1 atom stereocenters. The monoisotopic (exact) mass is 334 g/mol. The van der Waals surface area contributed by atoms with Gasteiger partial charge in [-0.25, -0.2) is 4.39 Å². The van der Waals surface area contributed by atoms with Crippen molar-refractivity contribution in [3.05, 3.63) is 54.2 Å². The van der Waals surface area contributed by atoms with E-state index in [0.29, 0.717) is 23.9 Å². The van der Waals surface area contributed by atoms with E-state index in [1.807, 2.05) is 17.0 Å². The molecule has 0 bridgehead atoms. The average Bonchev–Trinajstić information content (AvgIpc) is 3.22. The molecule has 2 heterocycles. The molecule has 1 aromatic carbocycles. The zero-order chi connectivity index (χ0) is 16.1. The topological polar surface area (TPSA) is 37.6 Å². The lowest BCUT2D eigenvalue weighted by atomic mass is 10.2. The van der Waals surface area contributed by atoms with Gasteiger partial charge in [0.2, 0.25) is 0 Å². The van der Waals surface area contributed by atoms with Crippen LogP contribution < -0.4 is 5.32 Å². The van der Waals surface area contributed by atoms with Crippen molar-refractivity contribution in [2.24, 2.45) is 0 Å². The third kappa shape index (κ3) is 4.30. The molecule has 23 heavy (non-hydrogen) atoms. The number of benzene rings is 1. The molecule has 1 aliphatic rings. The molecular formula is C17H19FN2O2S. The van der Waals surface area contributed by atoms with Gasteiger partial charge in [-0.2, -0.15) is 0 Å². The summed E-state index contributed by atoms with van der Waals surface area (Å²) in [6.07, 6.45) is 3.85. The van der Waals surface area contributed by atoms with Crippen LogP contribution in [0, 0.1) is 5.82 Å². The first-order valence-electron chi connectivity index (χ1n) is 7.67. The normalized spacial score (nSPS) is 17.2. The van der Waals surface area contributed by atoms with Crippen molar-refractivity contribution < 1.29 is 13.5 Å². The second-order valence-electron chi connectivity index (χ2n) is 5.50. The number of ether oxygens (including phenoxy) is 1. The predicted octanol–water partition coefficient (Wildman–Crippen LogP) is 3.80. The number of hydrogen-bond donors (Lipinski definition) is 1. The van der Waals surface area contributed by atoms with Crippen molar-refractivity contribution in [2.45, 2.75) is 25.5 Å². The van der Waals surface area contributed by atoms with Crippen LogP contribution in [-0.2, 0) is 11.3 Å². The van der Waals surface area contributed by atoms with Crippen molar-refractivity contribution in [2.75, 3.05) is 18.5 Å². The van der Waals surface area contributed by atoms with Gasteiger partial charge in [0.05, 0.1) is 24.6 Å². The van der Waals surface area contributed by atoms with Crippen molar-refractivity contribution in [1.82, 2.24) is 4.90 Å². The number of anilines is 1. The van der Waals surface area contributed by atoms with E-state index in [1.165, 1.54) is 6.07 Å². The standard InChI is InChI=1S/C17H19FN2O2S/c18-15-7-1-2-8-16(15)19-17(23)20(11-13-5-3-9-21-13)12-14-6-4-10-22-14/h1-3,5,7-9,14H,4,6,10-12H2,(H,19,23). The molecule has 1 aliphatic heterocycles. The average molecular weight is 334 g/mol. The summed E-state index contributed by atoms with van der Waals surface area (Å²) >= 11 is 5.48. The Kier molecular flexibility index (Phi) is 5.25. The van der Waals surface area contributed by atoms with E-state index in [9.17, 15) is 4.39 Å². The molecule has 1 fully saturated rings. The van der Waals surface area contributed by atoms with Gasteiger partial charge in [-0.15, -0.1) is 0 Å². The van der Waals surface area contributed by atoms with Gasteiger partial charge in [-0.3, -0.25) is 0 Å². The molecular weight excluding hydrogens is 315 g/mol. The first-order chi connectivity index (χ1) is 11.2. The van der Waals surface area contributed by atoms with Gasteiger partial charge < -0.3 is 19.4 Å². The first-order valence-corrected chi connectivity index (χ1v) is 8.07. The summed E-state index contributed by atoms with van der Waals surface area (Å²) in [6, 6.07) is 10.2. The molecule has 6 heteroatoms. The van der Waals surface area contributed by atoms with Crippen LogP contribution >= 0.6 is 12.2 Å². The molecule has 4 nitrogen and oxygen atoms in total. The largest absolute Gasteiger partial charge is 0.467 e. The van der Waals surface area contributed by atoms with Gasteiger partial charge in [0.1, 0.15) is 11.6 Å². The highest BCUT2D eigenvalue weighted by atomic mass is 32.1. The lowest BCUT2D eigenvalue weighted by molar-refractivity contribution is 0.0892. The summed E-state index contributed by atoms with van der Waals surface area (Å²) < 4.78 is 24.9. The smallest absolute Gasteiger partial charge is 0.174 e. The van der Waals surface area contributed by atoms with Crippen LogP contribution in [0.2, 0.25) is 0 Å². The van der Waals surface area contributed by atoms with Gasteiger partial charge >= 0.3 is 0 Å². The van der Waals surface area contributed by atoms with E-state index in [2.05, 4.69) is 5.32 Å². The highest BCUT2D eigenvalue weighted by Gasteiger charge is 2.22. The summed E-state index contributed by atoms with van der Waals surface area (Å²) in [5.74, 6) is 0.477. The fraction of sp³-hybridized carbons (Fsp3) is 0.353. The highest BCUT2D eigenvalue weighted by molar-refractivity contribution is 7.80. The number of rotatable bonds is 5. The molecule has 0 aliphatic carbocycles. The Hall–Kier alpha value is -1.92. The maximum absolute atomic E-state index is 13.8. The number of furan rings is 1. The molecule has 1 aromatic heterocycles. The molecule has 0 radical (unpaired) electrons. The molecule has 1 saturated heterocycles. The number of nitrogens with one attached hydrogen (secondary N) is 1. The van der Waals surface area contributed by atoms with Crippen LogP contribution in [0.1, 0.15) is 18.6 Å². The summed E-state index contributed by atoms with van der Waals surface area (Å²) in [7, 11) is 0. The molecule has 0 spiro atoms. The zero-order valence-electron chi connectivity index (χ0n) is 12.7. The Labute approximate surface area is 140 Å². The first kappa shape index (κ1) is 16.0. The summed E-state index contributed by atoms with van der Waals surface area (Å²) in [4.78, 5) is 1.95. The van der Waals surface area contributed by atoms with Crippen molar-refractivity contribution in [1.29, 1.82) is 0 Å². The highest BCUT2D eigenvalue weighted by Crippen LogP contribution is 2.18. The minimum atomic E-state index is -0.329. The predicted molar refractivity (Wildman–Crippen MR) is 90.7 cm³/mol. The molecule has 1 unspecified atom stereocenters. The van der Waals surface area contributed by atoms with Crippen molar-refractivity contribution in [3.63, 3.8) is 0 Å². The van der Waals surface area contributed by atoms with E-state index >= 15 is 0 Å². The third-order valence-electron chi connectivity index (χ3n) is 3.78. The van der Waals surface area contributed by atoms with Gasteiger partial charge in [0.25, 0.3) is 0 Å². The van der Waals surface area contributed by atoms with Gasteiger partial charge in [0, 0.05) is 13.2 Å². The second kappa shape index (κ2) is 7.57. The maximum Gasteiger partial charge on any atom is 0.174 e. The quantitative estimate of drug-likeness (QED) is 0.842. The Morgan fingerprint density at radius 1 is 1.30 bits per heavy atom. The molecule has 0 amide bonds. The van der Waals surface area contributed by atoms with E-state index < -0.39 is 0 Å². The third-order valence-corrected chi connectivity index (χ3v) is 4.14. The molecule has 0 saturated carbocycles. The van der Waals surface area contributed by atoms with E-state index in [-0.39, 0.29) is 11.9 Å². The van der Waals surface area contributed by atoms with Crippen LogP contribution in [0.15, 0.2) is 47.1 Å². The molecule has 1 N–H and O–H groups in total. The SMILES string of the molecule is Fc1ccccc1NC(=S)N(Cc1ccco1)CC1CCCO1. The number of nitrogens with zero attached hydrogens (tertiary/aromatic N) is 1. The Balaban J connectivity index is 1.70. The van der Waals surface area contributed by atoms with Crippen LogP contribution in [0.3, 0.4) is 0 Å². The van der Waals surface area contributed by atoms with E-state index in [0.717, 1.165) is 25.2 Å². The lowest BCUT2D eigenvalue weighted by Gasteiger charge is -2.27. The minimum Gasteiger partial charge on any atom is -0.467 e. The van der Waals surface area contributed by atoms with Crippen LogP contribution in [-0.4, -0.2) is 29.3 Å². The molecule has 122 valence electrons. The van der Waals surface area contributed by atoms with Crippen molar-refractivity contribution >= 4 is 23.0 Å². The number of para-hydroxylation sites is 1. The van der Waals surface area contributed by atoms with Crippen LogP contribution in [0.25, 0.3) is 0 Å². The number of halogens is 1.